The predicted octanol–water partition coefficient (Wildman–Crippen LogP) is 0.445. The lowest BCUT2D eigenvalue weighted by atomic mass is 10.1. The van der Waals surface area contributed by atoms with Crippen molar-refractivity contribution in [2.45, 2.75) is 18.6 Å². The van der Waals surface area contributed by atoms with Crippen LogP contribution in [-0.2, 0) is 11.8 Å². The van der Waals surface area contributed by atoms with Crippen LogP contribution in [0.25, 0.3) is 0 Å². The fraction of sp³-hybridized carbons (Fsp3) is 0.333. The fourth-order valence-corrected chi connectivity index (χ4v) is 2.71. The molecule has 0 bridgehead atoms. The molecule has 0 spiro atoms. The van der Waals surface area contributed by atoms with Gasteiger partial charge in [0.1, 0.15) is 17.5 Å². The first-order valence-electron chi connectivity index (χ1n) is 8.37. The zero-order chi connectivity index (χ0) is 19.4. The predicted molar refractivity (Wildman–Crippen MR) is 94.0 cm³/mol. The van der Waals surface area contributed by atoms with Crippen LogP contribution in [-0.4, -0.2) is 52.1 Å². The van der Waals surface area contributed by atoms with Crippen molar-refractivity contribution in [3.8, 4) is 5.75 Å². The smallest absolute Gasteiger partial charge is 0.335 e. The maximum absolute atomic E-state index is 12.4. The van der Waals surface area contributed by atoms with Crippen molar-refractivity contribution < 1.29 is 24.2 Å². The summed E-state index contributed by atoms with van der Waals surface area (Å²) in [7, 11) is 1.47. The summed E-state index contributed by atoms with van der Waals surface area (Å²) in [5.41, 5.74) is -0.00959. The highest BCUT2D eigenvalue weighted by Gasteiger charge is 2.29. The molecule has 1 saturated heterocycles. The van der Waals surface area contributed by atoms with Gasteiger partial charge in [0.2, 0.25) is 0 Å². The number of aryl methyl sites for hydroxylation is 1. The monoisotopic (exact) mass is 373 g/mol. The average molecular weight is 373 g/mol. The number of ether oxygens (including phenoxy) is 2. The molecule has 1 aliphatic rings. The van der Waals surface area contributed by atoms with E-state index in [1.807, 2.05) is 0 Å². The summed E-state index contributed by atoms with van der Waals surface area (Å²) in [6.07, 6.45) is 0.112. The third-order valence-electron chi connectivity index (χ3n) is 4.20. The van der Waals surface area contributed by atoms with Gasteiger partial charge in [0, 0.05) is 19.7 Å². The molecule has 1 amide bonds. The van der Waals surface area contributed by atoms with Crippen LogP contribution in [0, 0.1) is 0 Å². The first kappa shape index (κ1) is 18.6. The number of carboxylic acid groups (broad SMARTS) is 1. The standard InChI is InChI=1S/C18H19N3O6/c1-21-16(22)7-6-14(20-21)17(23)19-13-8-9-26-10-15(13)27-12-4-2-11(3-5-12)18(24)25/h2-7,13,15H,8-10H2,1H3,(H,19,23)(H,24,25)/t13-,15-/m1/s1. The van der Waals surface area contributed by atoms with Crippen LogP contribution in [0.5, 0.6) is 5.75 Å². The molecule has 1 aromatic carbocycles. The quantitative estimate of drug-likeness (QED) is 0.780. The van der Waals surface area contributed by atoms with E-state index >= 15 is 0 Å². The second-order valence-corrected chi connectivity index (χ2v) is 6.11. The lowest BCUT2D eigenvalue weighted by Gasteiger charge is -2.32. The highest BCUT2D eigenvalue weighted by Crippen LogP contribution is 2.19. The highest BCUT2D eigenvalue weighted by molar-refractivity contribution is 5.92. The molecule has 9 heteroatoms. The van der Waals surface area contributed by atoms with Gasteiger partial charge in [-0.25, -0.2) is 9.48 Å². The summed E-state index contributed by atoms with van der Waals surface area (Å²) in [6.45, 7) is 0.760. The van der Waals surface area contributed by atoms with E-state index in [2.05, 4.69) is 10.4 Å². The number of nitrogens with zero attached hydrogens (tertiary/aromatic N) is 2. The van der Waals surface area contributed by atoms with Crippen LogP contribution < -0.4 is 15.6 Å². The number of aromatic carboxylic acids is 1. The zero-order valence-electron chi connectivity index (χ0n) is 14.6. The minimum absolute atomic E-state index is 0.133. The maximum Gasteiger partial charge on any atom is 0.335 e. The minimum Gasteiger partial charge on any atom is -0.486 e. The Hall–Kier alpha value is -3.20. The minimum atomic E-state index is -1.02. The number of hydrogen-bond donors (Lipinski definition) is 2. The molecule has 1 aliphatic heterocycles. The van der Waals surface area contributed by atoms with Crippen LogP contribution in [0.15, 0.2) is 41.2 Å². The maximum atomic E-state index is 12.4. The zero-order valence-corrected chi connectivity index (χ0v) is 14.6. The van der Waals surface area contributed by atoms with Crippen molar-refractivity contribution in [3.63, 3.8) is 0 Å². The Balaban J connectivity index is 1.69. The Labute approximate surface area is 154 Å². The van der Waals surface area contributed by atoms with E-state index in [0.29, 0.717) is 18.8 Å². The Morgan fingerprint density at radius 2 is 2.00 bits per heavy atom. The van der Waals surface area contributed by atoms with Crippen molar-refractivity contribution in [1.29, 1.82) is 0 Å². The molecule has 2 atom stereocenters. The van der Waals surface area contributed by atoms with Gasteiger partial charge >= 0.3 is 5.97 Å². The van der Waals surface area contributed by atoms with Gasteiger partial charge in [0.05, 0.1) is 18.2 Å². The summed E-state index contributed by atoms with van der Waals surface area (Å²) in [5, 5.41) is 15.8. The third-order valence-corrected chi connectivity index (χ3v) is 4.20. The highest BCUT2D eigenvalue weighted by atomic mass is 16.5. The van der Waals surface area contributed by atoms with Gasteiger partial charge in [-0.1, -0.05) is 0 Å². The number of benzene rings is 1. The number of carbonyl (C=O) groups is 2. The lowest BCUT2D eigenvalue weighted by molar-refractivity contribution is -0.0135. The Morgan fingerprint density at radius 3 is 2.67 bits per heavy atom. The van der Waals surface area contributed by atoms with E-state index in [-0.39, 0.29) is 29.5 Å². The van der Waals surface area contributed by atoms with Crippen LogP contribution >= 0.6 is 0 Å². The number of rotatable bonds is 5. The van der Waals surface area contributed by atoms with E-state index in [0.717, 1.165) is 4.68 Å². The third kappa shape index (κ3) is 4.50. The normalized spacial score (nSPS) is 19.3. The SMILES string of the molecule is Cn1nc(C(=O)N[C@@H]2CCOC[C@H]2Oc2ccc(C(=O)O)cc2)ccc1=O. The number of amides is 1. The summed E-state index contributed by atoms with van der Waals surface area (Å²) in [6, 6.07) is 8.36. The molecule has 2 heterocycles. The molecule has 27 heavy (non-hydrogen) atoms. The topological polar surface area (TPSA) is 120 Å². The second-order valence-electron chi connectivity index (χ2n) is 6.11. The fourth-order valence-electron chi connectivity index (χ4n) is 2.71. The van der Waals surface area contributed by atoms with Gasteiger partial charge in [0.15, 0.2) is 0 Å². The lowest BCUT2D eigenvalue weighted by Crippen LogP contribution is -2.51. The molecule has 0 radical (unpaired) electrons. The van der Waals surface area contributed by atoms with Crippen molar-refractivity contribution in [2.75, 3.05) is 13.2 Å². The van der Waals surface area contributed by atoms with Crippen LogP contribution in [0.4, 0.5) is 0 Å². The Bertz CT molecular complexity index is 893. The van der Waals surface area contributed by atoms with E-state index in [1.54, 1.807) is 12.1 Å². The molecule has 1 fully saturated rings. The first-order valence-corrected chi connectivity index (χ1v) is 8.37. The van der Waals surface area contributed by atoms with E-state index in [4.69, 9.17) is 14.6 Å². The summed E-state index contributed by atoms with van der Waals surface area (Å²) < 4.78 is 12.4. The average Bonchev–Trinajstić information content (AvgIpc) is 2.66. The van der Waals surface area contributed by atoms with Crippen LogP contribution in [0.1, 0.15) is 27.3 Å². The molecular weight excluding hydrogens is 354 g/mol. The number of carbonyl (C=O) groups excluding carboxylic acids is 1. The van der Waals surface area contributed by atoms with Crippen LogP contribution in [0.3, 0.4) is 0 Å². The molecule has 1 aromatic heterocycles. The van der Waals surface area contributed by atoms with Gasteiger partial charge < -0.3 is 19.9 Å². The van der Waals surface area contributed by atoms with Crippen molar-refractivity contribution in [3.05, 3.63) is 58.0 Å². The molecular formula is C18H19N3O6. The number of carboxylic acids is 1. The van der Waals surface area contributed by atoms with Crippen molar-refractivity contribution >= 4 is 11.9 Å². The van der Waals surface area contributed by atoms with Gasteiger partial charge in [-0.15, -0.1) is 0 Å². The summed E-state index contributed by atoms with van der Waals surface area (Å²) >= 11 is 0. The molecule has 3 rings (SSSR count). The number of hydrogen-bond acceptors (Lipinski definition) is 6. The molecule has 9 nitrogen and oxygen atoms in total. The van der Waals surface area contributed by atoms with E-state index < -0.39 is 18.0 Å². The Morgan fingerprint density at radius 1 is 1.26 bits per heavy atom. The largest absolute Gasteiger partial charge is 0.486 e. The molecule has 142 valence electrons. The molecule has 2 N–H and O–H groups in total. The summed E-state index contributed by atoms with van der Waals surface area (Å²) in [5.74, 6) is -0.945. The van der Waals surface area contributed by atoms with Gasteiger partial charge in [-0.2, -0.15) is 5.10 Å². The molecule has 0 aliphatic carbocycles. The van der Waals surface area contributed by atoms with Gasteiger partial charge in [0.25, 0.3) is 11.5 Å². The first-order chi connectivity index (χ1) is 12.9. The Kier molecular flexibility index (Phi) is 5.51. The van der Waals surface area contributed by atoms with Crippen molar-refractivity contribution in [1.82, 2.24) is 15.1 Å². The molecule has 2 aromatic rings. The molecule has 0 saturated carbocycles. The van der Waals surface area contributed by atoms with Gasteiger partial charge in [-0.3, -0.25) is 9.59 Å². The van der Waals surface area contributed by atoms with Gasteiger partial charge in [-0.05, 0) is 36.8 Å². The van der Waals surface area contributed by atoms with Crippen LogP contribution in [0.2, 0.25) is 0 Å². The second kappa shape index (κ2) is 8.00. The number of nitrogens with one attached hydrogen (secondary N) is 1. The van der Waals surface area contributed by atoms with Crippen molar-refractivity contribution in [2.24, 2.45) is 7.05 Å². The van der Waals surface area contributed by atoms with E-state index in [1.165, 1.54) is 31.3 Å². The van der Waals surface area contributed by atoms with E-state index in [9.17, 15) is 14.4 Å². The molecule has 0 unspecified atom stereocenters. The summed E-state index contributed by atoms with van der Waals surface area (Å²) in [4.78, 5) is 34.8. The number of aromatic nitrogens is 2.